The second kappa shape index (κ2) is 18.2. The molecular weight excluding hydrogens is 668 g/mol. The molecule has 4 aromatic rings. The summed E-state index contributed by atoms with van der Waals surface area (Å²) in [5, 5.41) is 0. The van der Waals surface area contributed by atoms with Crippen LogP contribution in [0.4, 0.5) is 0 Å². The summed E-state index contributed by atoms with van der Waals surface area (Å²) in [7, 11) is 9.02. The van der Waals surface area contributed by atoms with Gasteiger partial charge in [-0.2, -0.15) is 0 Å². The fourth-order valence-electron chi connectivity index (χ4n) is 6.17. The van der Waals surface area contributed by atoms with E-state index in [9.17, 15) is 9.59 Å². The fourth-order valence-corrected chi connectivity index (χ4v) is 6.17. The van der Waals surface area contributed by atoms with Gasteiger partial charge in [0, 0.05) is 39.3 Å². The van der Waals surface area contributed by atoms with E-state index in [2.05, 4.69) is 9.80 Å². The molecule has 52 heavy (non-hydrogen) atoms. The first kappa shape index (κ1) is 37.8. The normalized spacial score (nSPS) is 14.4. The van der Waals surface area contributed by atoms with E-state index in [0.717, 1.165) is 11.1 Å². The van der Waals surface area contributed by atoms with Gasteiger partial charge >= 0.3 is 11.9 Å². The Morgan fingerprint density at radius 3 is 1.08 bits per heavy atom. The summed E-state index contributed by atoms with van der Waals surface area (Å²) in [6.07, 6.45) is -1.06. The van der Waals surface area contributed by atoms with E-state index in [0.29, 0.717) is 73.8 Å². The number of hydrogen-bond acceptors (Lipinski definition) is 12. The summed E-state index contributed by atoms with van der Waals surface area (Å²) in [6.45, 7) is 3.85. The molecule has 1 saturated heterocycles. The highest BCUT2D eigenvalue weighted by atomic mass is 16.6. The number of benzene rings is 4. The number of nitrogens with zero attached hydrogens (tertiary/aromatic N) is 2. The molecule has 0 amide bonds. The molecule has 5 rings (SSSR count). The van der Waals surface area contributed by atoms with Crippen LogP contribution in [0.3, 0.4) is 0 Å². The average molecular weight is 715 g/mol. The number of esters is 2. The predicted molar refractivity (Wildman–Crippen MR) is 194 cm³/mol. The SMILES string of the molecule is COc1cc(C(=O)O[C@@H](CN2CCN(C[C@H](OC(=O)c3cc(OC)c(OC)c(OC)c3)c3ccccc3)CC2)c2ccccc2)cc(OC)c1OC. The smallest absolute Gasteiger partial charge is 0.339 e. The van der Waals surface area contributed by atoms with Crippen molar-refractivity contribution in [2.24, 2.45) is 0 Å². The molecule has 0 radical (unpaired) electrons. The van der Waals surface area contributed by atoms with Crippen molar-refractivity contribution in [3.63, 3.8) is 0 Å². The van der Waals surface area contributed by atoms with E-state index < -0.39 is 24.1 Å². The van der Waals surface area contributed by atoms with Crippen LogP contribution >= 0.6 is 0 Å². The average Bonchev–Trinajstić information content (AvgIpc) is 3.20. The molecule has 1 fully saturated rings. The quantitative estimate of drug-likeness (QED) is 0.130. The largest absolute Gasteiger partial charge is 0.493 e. The minimum absolute atomic E-state index is 0.285. The van der Waals surface area contributed by atoms with Crippen LogP contribution in [0, 0.1) is 0 Å². The Morgan fingerprint density at radius 1 is 0.500 bits per heavy atom. The monoisotopic (exact) mass is 714 g/mol. The molecular formula is C40H46N2O10. The minimum Gasteiger partial charge on any atom is -0.493 e. The van der Waals surface area contributed by atoms with Gasteiger partial charge in [0.2, 0.25) is 11.5 Å². The predicted octanol–water partition coefficient (Wildman–Crippen LogP) is 5.85. The van der Waals surface area contributed by atoms with Gasteiger partial charge in [-0.25, -0.2) is 9.59 Å². The third kappa shape index (κ3) is 9.06. The number of ether oxygens (including phenoxy) is 8. The van der Waals surface area contributed by atoms with Crippen molar-refractivity contribution in [2.75, 3.05) is 81.9 Å². The molecule has 2 atom stereocenters. The molecule has 0 saturated carbocycles. The zero-order chi connectivity index (χ0) is 37.0. The number of carbonyl (C=O) groups excluding carboxylic acids is 2. The van der Waals surface area contributed by atoms with E-state index >= 15 is 0 Å². The fraction of sp³-hybridized carbons (Fsp3) is 0.350. The first-order chi connectivity index (χ1) is 25.3. The van der Waals surface area contributed by atoms with E-state index in [1.165, 1.54) is 42.7 Å². The minimum atomic E-state index is -0.532. The van der Waals surface area contributed by atoms with Crippen molar-refractivity contribution in [1.82, 2.24) is 9.80 Å². The van der Waals surface area contributed by atoms with Gasteiger partial charge in [-0.15, -0.1) is 0 Å². The maximum Gasteiger partial charge on any atom is 0.339 e. The van der Waals surface area contributed by atoms with Crippen LogP contribution in [-0.2, 0) is 9.47 Å². The van der Waals surface area contributed by atoms with Gasteiger partial charge in [0.15, 0.2) is 23.0 Å². The van der Waals surface area contributed by atoms with Crippen LogP contribution in [0.1, 0.15) is 44.1 Å². The van der Waals surface area contributed by atoms with Gasteiger partial charge < -0.3 is 37.9 Å². The molecule has 0 unspecified atom stereocenters. The topological polar surface area (TPSA) is 114 Å². The lowest BCUT2D eigenvalue weighted by atomic mass is 10.1. The van der Waals surface area contributed by atoms with Crippen LogP contribution in [0.5, 0.6) is 34.5 Å². The molecule has 1 heterocycles. The lowest BCUT2D eigenvalue weighted by Gasteiger charge is -2.37. The number of carbonyl (C=O) groups is 2. The molecule has 0 aliphatic carbocycles. The van der Waals surface area contributed by atoms with Crippen LogP contribution < -0.4 is 28.4 Å². The first-order valence-electron chi connectivity index (χ1n) is 16.9. The Hall–Kier alpha value is -5.46. The van der Waals surface area contributed by atoms with Gasteiger partial charge in [-0.3, -0.25) is 9.80 Å². The zero-order valence-electron chi connectivity index (χ0n) is 30.5. The van der Waals surface area contributed by atoms with E-state index in [4.69, 9.17) is 37.9 Å². The third-order valence-electron chi connectivity index (χ3n) is 8.96. The Balaban J connectivity index is 1.27. The van der Waals surface area contributed by atoms with Crippen molar-refractivity contribution in [3.05, 3.63) is 107 Å². The first-order valence-corrected chi connectivity index (χ1v) is 16.9. The van der Waals surface area contributed by atoms with Gasteiger partial charge in [-0.05, 0) is 35.4 Å². The van der Waals surface area contributed by atoms with Crippen molar-refractivity contribution in [1.29, 1.82) is 0 Å². The van der Waals surface area contributed by atoms with Gasteiger partial charge in [0.05, 0.1) is 53.8 Å². The lowest BCUT2D eigenvalue weighted by molar-refractivity contribution is 0.00175. The molecule has 0 bridgehead atoms. The van der Waals surface area contributed by atoms with Crippen LogP contribution in [-0.4, -0.2) is 104 Å². The highest BCUT2D eigenvalue weighted by Crippen LogP contribution is 2.40. The Morgan fingerprint density at radius 2 is 0.808 bits per heavy atom. The summed E-state index contributed by atoms with van der Waals surface area (Å²) >= 11 is 0. The molecule has 0 spiro atoms. The van der Waals surface area contributed by atoms with Gasteiger partial charge in [0.1, 0.15) is 12.2 Å². The number of methoxy groups -OCH3 is 6. The van der Waals surface area contributed by atoms with Gasteiger partial charge in [0.25, 0.3) is 0 Å². The van der Waals surface area contributed by atoms with Crippen molar-refractivity contribution in [3.8, 4) is 34.5 Å². The Kier molecular flexibility index (Phi) is 13.2. The summed E-state index contributed by atoms with van der Waals surface area (Å²) in [5.41, 5.74) is 2.34. The zero-order valence-corrected chi connectivity index (χ0v) is 30.5. The second-order valence-corrected chi connectivity index (χ2v) is 12.0. The standard InChI is InChI=1S/C40H46N2O10/c1-45-31-21-29(22-32(46-2)37(31)49-5)39(43)51-35(27-13-9-7-10-14-27)25-41-17-19-42(20-18-41)26-36(28-15-11-8-12-16-28)52-40(44)30-23-33(47-3)38(50-6)34(24-30)48-4/h7-16,21-24,35-36H,17-20,25-26H2,1-6H3/t35-,36-/m0/s1. The third-order valence-corrected chi connectivity index (χ3v) is 8.96. The van der Waals surface area contributed by atoms with Crippen molar-refractivity contribution < 1.29 is 47.5 Å². The van der Waals surface area contributed by atoms with E-state index in [-0.39, 0.29) is 11.1 Å². The molecule has 0 aromatic heterocycles. The summed E-state index contributed by atoms with van der Waals surface area (Å²) in [4.78, 5) is 31.6. The molecule has 12 heteroatoms. The summed E-state index contributed by atoms with van der Waals surface area (Å²) in [5.74, 6) is 1.23. The van der Waals surface area contributed by atoms with Gasteiger partial charge in [-0.1, -0.05) is 60.7 Å². The van der Waals surface area contributed by atoms with Crippen LogP contribution in [0.2, 0.25) is 0 Å². The Bertz CT molecular complexity index is 1600. The number of rotatable bonds is 16. The maximum atomic E-state index is 13.5. The van der Waals surface area contributed by atoms with Crippen molar-refractivity contribution in [2.45, 2.75) is 12.2 Å². The Labute approximate surface area is 304 Å². The highest BCUT2D eigenvalue weighted by Gasteiger charge is 2.29. The molecule has 276 valence electrons. The number of piperazine rings is 1. The molecule has 4 aromatic carbocycles. The van der Waals surface area contributed by atoms with E-state index in [1.807, 2.05) is 60.7 Å². The molecule has 1 aliphatic heterocycles. The van der Waals surface area contributed by atoms with Crippen LogP contribution in [0.15, 0.2) is 84.9 Å². The summed E-state index contributed by atoms with van der Waals surface area (Å²) < 4.78 is 44.9. The molecule has 0 N–H and O–H groups in total. The molecule has 1 aliphatic rings. The van der Waals surface area contributed by atoms with E-state index in [1.54, 1.807) is 24.3 Å². The van der Waals surface area contributed by atoms with Crippen LogP contribution in [0.25, 0.3) is 0 Å². The summed E-state index contributed by atoms with van der Waals surface area (Å²) in [6, 6.07) is 25.7. The molecule has 12 nitrogen and oxygen atoms in total. The number of hydrogen-bond donors (Lipinski definition) is 0. The lowest BCUT2D eigenvalue weighted by Crippen LogP contribution is -2.49. The second-order valence-electron chi connectivity index (χ2n) is 12.0. The maximum absolute atomic E-state index is 13.5. The highest BCUT2D eigenvalue weighted by molar-refractivity contribution is 5.92. The van der Waals surface area contributed by atoms with Crippen molar-refractivity contribution >= 4 is 11.9 Å².